The second kappa shape index (κ2) is 13.6. The van der Waals surface area contributed by atoms with Crippen LogP contribution in [0.15, 0.2) is 24.3 Å². The SMILES string of the molecule is Br.Br.Oc1ccc2c(c1O)CCC(NCCCCCCNC1CCc3c(ccc(O)c3O)C1)C2. The number of nitrogens with one attached hydrogen (secondary N) is 2. The number of unbranched alkanes of at least 4 members (excludes halogenated alkanes) is 3. The van der Waals surface area contributed by atoms with Gasteiger partial charge in [-0.25, -0.2) is 0 Å². The van der Waals surface area contributed by atoms with Crippen LogP contribution in [-0.2, 0) is 25.7 Å². The molecule has 2 aromatic carbocycles. The van der Waals surface area contributed by atoms with Gasteiger partial charge in [0.15, 0.2) is 23.0 Å². The second-order valence-corrected chi connectivity index (χ2v) is 9.34. The molecule has 0 aromatic heterocycles. The molecular formula is C26H38Br2N2O4. The van der Waals surface area contributed by atoms with Crippen LogP contribution in [0.1, 0.15) is 60.8 Å². The van der Waals surface area contributed by atoms with Crippen LogP contribution >= 0.6 is 34.0 Å². The van der Waals surface area contributed by atoms with Crippen LogP contribution in [0.5, 0.6) is 23.0 Å². The Morgan fingerprint density at radius 3 is 1.44 bits per heavy atom. The van der Waals surface area contributed by atoms with Crippen LogP contribution in [0.2, 0.25) is 0 Å². The zero-order valence-electron chi connectivity index (χ0n) is 19.6. The van der Waals surface area contributed by atoms with E-state index in [1.54, 1.807) is 12.1 Å². The van der Waals surface area contributed by atoms with E-state index < -0.39 is 0 Å². The Kier molecular flexibility index (Phi) is 11.5. The van der Waals surface area contributed by atoms with Gasteiger partial charge in [-0.05, 0) is 87.7 Å². The van der Waals surface area contributed by atoms with Crippen molar-refractivity contribution in [3.63, 3.8) is 0 Å². The van der Waals surface area contributed by atoms with E-state index in [-0.39, 0.29) is 57.0 Å². The van der Waals surface area contributed by atoms with Crippen LogP contribution in [0, 0.1) is 0 Å². The molecular weight excluding hydrogens is 564 g/mol. The maximum absolute atomic E-state index is 10.00. The number of rotatable bonds is 9. The predicted octanol–water partition coefficient (Wildman–Crippen LogP) is 4.82. The fourth-order valence-corrected chi connectivity index (χ4v) is 5.21. The normalized spacial score (nSPS) is 18.8. The lowest BCUT2D eigenvalue weighted by Crippen LogP contribution is -2.35. The average Bonchev–Trinajstić information content (AvgIpc) is 2.80. The maximum Gasteiger partial charge on any atom is 0.160 e. The lowest BCUT2D eigenvalue weighted by molar-refractivity contribution is 0.386. The Labute approximate surface area is 223 Å². The van der Waals surface area contributed by atoms with Gasteiger partial charge in [-0.2, -0.15) is 0 Å². The lowest BCUT2D eigenvalue weighted by Gasteiger charge is -2.26. The number of benzene rings is 2. The van der Waals surface area contributed by atoms with E-state index in [0.29, 0.717) is 12.1 Å². The Hall–Kier alpha value is -1.48. The number of phenolic OH excluding ortho intramolecular Hbond substituents is 4. The van der Waals surface area contributed by atoms with Crippen molar-refractivity contribution in [1.82, 2.24) is 10.6 Å². The van der Waals surface area contributed by atoms with Gasteiger partial charge in [-0.3, -0.25) is 0 Å². The van der Waals surface area contributed by atoms with Crippen LogP contribution in [0.3, 0.4) is 0 Å². The zero-order valence-corrected chi connectivity index (χ0v) is 23.0. The van der Waals surface area contributed by atoms with E-state index in [1.807, 2.05) is 12.1 Å². The predicted molar refractivity (Wildman–Crippen MR) is 146 cm³/mol. The third kappa shape index (κ3) is 7.03. The first kappa shape index (κ1) is 28.8. The average molecular weight is 602 g/mol. The summed E-state index contributed by atoms with van der Waals surface area (Å²) < 4.78 is 0. The Balaban J connectivity index is 0.00000204. The van der Waals surface area contributed by atoms with Gasteiger partial charge in [0, 0.05) is 23.2 Å². The van der Waals surface area contributed by atoms with E-state index in [2.05, 4.69) is 10.6 Å². The third-order valence-corrected chi connectivity index (χ3v) is 7.10. The van der Waals surface area contributed by atoms with Crippen molar-refractivity contribution in [2.24, 2.45) is 0 Å². The molecule has 2 atom stereocenters. The quantitative estimate of drug-likeness (QED) is 0.182. The molecule has 0 radical (unpaired) electrons. The molecule has 6 N–H and O–H groups in total. The first-order valence-corrected chi connectivity index (χ1v) is 12.0. The molecule has 0 saturated heterocycles. The van der Waals surface area contributed by atoms with Crippen molar-refractivity contribution in [2.75, 3.05) is 13.1 Å². The van der Waals surface area contributed by atoms with Gasteiger partial charge in [-0.1, -0.05) is 25.0 Å². The molecule has 0 heterocycles. The number of fused-ring (bicyclic) bond motifs is 2. The number of aromatic hydroxyl groups is 4. The molecule has 2 aliphatic carbocycles. The highest BCUT2D eigenvalue weighted by Crippen LogP contribution is 2.36. The zero-order chi connectivity index (χ0) is 22.5. The highest BCUT2D eigenvalue weighted by atomic mass is 79.9. The molecule has 0 aliphatic heterocycles. The van der Waals surface area contributed by atoms with Gasteiger partial charge in [0.05, 0.1) is 0 Å². The molecule has 8 heteroatoms. The van der Waals surface area contributed by atoms with E-state index in [1.165, 1.54) is 25.7 Å². The topological polar surface area (TPSA) is 105 Å². The molecule has 0 bridgehead atoms. The van der Waals surface area contributed by atoms with Gasteiger partial charge >= 0.3 is 0 Å². The molecule has 190 valence electrons. The highest BCUT2D eigenvalue weighted by molar-refractivity contribution is 8.93. The summed E-state index contributed by atoms with van der Waals surface area (Å²) in [5, 5.41) is 46.6. The van der Waals surface area contributed by atoms with Crippen molar-refractivity contribution in [2.45, 2.75) is 76.3 Å². The summed E-state index contributed by atoms with van der Waals surface area (Å²) in [5.41, 5.74) is 4.11. The largest absolute Gasteiger partial charge is 0.504 e. The Morgan fingerprint density at radius 2 is 1.03 bits per heavy atom. The van der Waals surface area contributed by atoms with Crippen LogP contribution in [0.25, 0.3) is 0 Å². The summed E-state index contributed by atoms with van der Waals surface area (Å²) >= 11 is 0. The molecule has 0 fully saturated rings. The minimum Gasteiger partial charge on any atom is -0.504 e. The van der Waals surface area contributed by atoms with Crippen molar-refractivity contribution < 1.29 is 20.4 Å². The molecule has 0 saturated carbocycles. The second-order valence-electron chi connectivity index (χ2n) is 9.34. The van der Waals surface area contributed by atoms with E-state index >= 15 is 0 Å². The molecule has 2 unspecified atom stereocenters. The van der Waals surface area contributed by atoms with Crippen molar-refractivity contribution in [3.8, 4) is 23.0 Å². The molecule has 2 aliphatic rings. The summed E-state index contributed by atoms with van der Waals surface area (Å²) in [6.45, 7) is 2.04. The lowest BCUT2D eigenvalue weighted by atomic mass is 9.87. The summed E-state index contributed by atoms with van der Waals surface area (Å²) in [7, 11) is 0. The minimum absolute atomic E-state index is 0. The smallest absolute Gasteiger partial charge is 0.160 e. The van der Waals surface area contributed by atoms with Crippen LogP contribution in [0.4, 0.5) is 0 Å². The van der Waals surface area contributed by atoms with E-state index in [0.717, 1.165) is 73.9 Å². The molecule has 2 aromatic rings. The maximum atomic E-state index is 10.00. The van der Waals surface area contributed by atoms with Gasteiger partial charge in [-0.15, -0.1) is 34.0 Å². The van der Waals surface area contributed by atoms with Crippen LogP contribution < -0.4 is 10.6 Å². The molecule has 34 heavy (non-hydrogen) atoms. The summed E-state index contributed by atoms with van der Waals surface area (Å²) in [5.74, 6) is 0.0870. The monoisotopic (exact) mass is 600 g/mol. The van der Waals surface area contributed by atoms with Crippen molar-refractivity contribution in [1.29, 1.82) is 0 Å². The Morgan fingerprint density at radius 1 is 0.618 bits per heavy atom. The van der Waals surface area contributed by atoms with Gasteiger partial charge < -0.3 is 31.1 Å². The number of hydrogen-bond acceptors (Lipinski definition) is 6. The van der Waals surface area contributed by atoms with E-state index in [4.69, 9.17) is 0 Å². The summed E-state index contributed by atoms with van der Waals surface area (Å²) in [6.07, 6.45) is 10.2. The minimum atomic E-state index is -0.0162. The number of halogens is 2. The first-order chi connectivity index (χ1) is 15.5. The molecule has 4 rings (SSSR count). The molecule has 6 nitrogen and oxygen atoms in total. The fraction of sp³-hybridized carbons (Fsp3) is 0.538. The van der Waals surface area contributed by atoms with Crippen LogP contribution in [-0.4, -0.2) is 45.6 Å². The van der Waals surface area contributed by atoms with E-state index in [9.17, 15) is 20.4 Å². The number of hydrogen-bond donors (Lipinski definition) is 6. The molecule has 0 spiro atoms. The first-order valence-electron chi connectivity index (χ1n) is 12.0. The van der Waals surface area contributed by atoms with Gasteiger partial charge in [0.25, 0.3) is 0 Å². The summed E-state index contributed by atoms with van der Waals surface area (Å²) in [6, 6.07) is 7.94. The number of phenols is 4. The standard InChI is InChI=1S/C26H36N2O4.2BrH/c29-23-11-5-17-15-19(7-9-21(17)25(23)31)27-13-3-1-2-4-14-28-20-8-10-22-18(16-20)6-12-24(30)26(22)32;;/h5-6,11-12,19-20,27-32H,1-4,7-10,13-16H2;2*1H. The fourth-order valence-electron chi connectivity index (χ4n) is 5.21. The van der Waals surface area contributed by atoms with Gasteiger partial charge in [0.2, 0.25) is 0 Å². The van der Waals surface area contributed by atoms with Crippen molar-refractivity contribution >= 4 is 34.0 Å². The highest BCUT2D eigenvalue weighted by Gasteiger charge is 2.23. The van der Waals surface area contributed by atoms with Gasteiger partial charge in [0.1, 0.15) is 0 Å². The Bertz CT molecular complexity index is 866. The van der Waals surface area contributed by atoms with Crippen molar-refractivity contribution in [3.05, 3.63) is 46.5 Å². The third-order valence-electron chi connectivity index (χ3n) is 7.10. The molecule has 0 amide bonds. The summed E-state index contributed by atoms with van der Waals surface area (Å²) in [4.78, 5) is 0.